The normalized spacial score (nSPS) is 15.4. The third-order valence-corrected chi connectivity index (χ3v) is 5.87. The number of rotatable bonds is 3. The van der Waals surface area contributed by atoms with Gasteiger partial charge in [-0.1, -0.05) is 6.07 Å². The standard InChI is InChI=1S/C23H19FN8/c24-19-9-11-31(30-19)20-8-7-18-23(29-20)32(22(28-18)16-2-1-10-27-21(16)26)14-4-5-15-13(12-14)3-6-17(15)25/h1-2,4-5,7-12,17H,3,6,25H2,(H2,26,27)/t17-/m0/s1. The van der Waals surface area contributed by atoms with Gasteiger partial charge in [0.2, 0.25) is 5.95 Å². The van der Waals surface area contributed by atoms with Gasteiger partial charge in [-0.2, -0.15) is 4.39 Å². The van der Waals surface area contributed by atoms with Crippen LogP contribution in [0.3, 0.4) is 0 Å². The molecule has 1 aliphatic rings. The molecular formula is C23H19FN8. The van der Waals surface area contributed by atoms with Gasteiger partial charge in [-0.05, 0) is 60.4 Å². The zero-order chi connectivity index (χ0) is 21.8. The van der Waals surface area contributed by atoms with Crippen molar-refractivity contribution in [3.63, 3.8) is 0 Å². The molecule has 0 aliphatic heterocycles. The molecule has 5 aromatic rings. The summed E-state index contributed by atoms with van der Waals surface area (Å²) >= 11 is 0. The van der Waals surface area contributed by atoms with Gasteiger partial charge in [-0.15, -0.1) is 5.10 Å². The van der Waals surface area contributed by atoms with Crippen LogP contribution in [0.5, 0.6) is 0 Å². The second-order valence-corrected chi connectivity index (χ2v) is 7.83. The van der Waals surface area contributed by atoms with Gasteiger partial charge >= 0.3 is 0 Å². The van der Waals surface area contributed by atoms with E-state index in [-0.39, 0.29) is 6.04 Å². The van der Waals surface area contributed by atoms with Gasteiger partial charge in [-0.25, -0.2) is 19.6 Å². The van der Waals surface area contributed by atoms with Crippen molar-refractivity contribution >= 4 is 17.0 Å². The highest BCUT2D eigenvalue weighted by Crippen LogP contribution is 2.34. The van der Waals surface area contributed by atoms with Crippen molar-refractivity contribution in [2.75, 3.05) is 5.73 Å². The third-order valence-electron chi connectivity index (χ3n) is 5.87. The van der Waals surface area contributed by atoms with Crippen molar-refractivity contribution in [2.24, 2.45) is 5.73 Å². The molecule has 1 aliphatic carbocycles. The topological polar surface area (TPSA) is 113 Å². The molecule has 0 unspecified atom stereocenters. The Balaban J connectivity index is 1.63. The van der Waals surface area contributed by atoms with Crippen LogP contribution >= 0.6 is 0 Å². The number of imidazole rings is 1. The number of nitrogens with zero attached hydrogens (tertiary/aromatic N) is 6. The van der Waals surface area contributed by atoms with Gasteiger partial charge < -0.3 is 11.5 Å². The second-order valence-electron chi connectivity index (χ2n) is 7.83. The molecule has 0 bridgehead atoms. The molecule has 1 aromatic carbocycles. The Morgan fingerprint density at radius 1 is 1.06 bits per heavy atom. The molecule has 4 N–H and O–H groups in total. The summed E-state index contributed by atoms with van der Waals surface area (Å²) in [6.45, 7) is 0. The SMILES string of the molecule is Nc1ncccc1-c1nc2ccc(-n3ccc(F)n3)nc2n1-c1ccc2c(c1)CC[C@@H]2N. The summed E-state index contributed by atoms with van der Waals surface area (Å²) < 4.78 is 16.8. The Morgan fingerprint density at radius 3 is 2.78 bits per heavy atom. The maximum Gasteiger partial charge on any atom is 0.233 e. The number of aryl methyl sites for hydroxylation is 1. The summed E-state index contributed by atoms with van der Waals surface area (Å²) in [5.41, 5.74) is 17.7. The van der Waals surface area contributed by atoms with Gasteiger partial charge in [0, 0.05) is 30.2 Å². The number of benzene rings is 1. The van der Waals surface area contributed by atoms with Gasteiger partial charge in [0.25, 0.3) is 0 Å². The van der Waals surface area contributed by atoms with Crippen LogP contribution in [0.1, 0.15) is 23.6 Å². The molecule has 32 heavy (non-hydrogen) atoms. The first-order valence-corrected chi connectivity index (χ1v) is 10.3. The smallest absolute Gasteiger partial charge is 0.233 e. The summed E-state index contributed by atoms with van der Waals surface area (Å²) in [4.78, 5) is 13.8. The van der Waals surface area contributed by atoms with E-state index in [1.807, 2.05) is 28.8 Å². The monoisotopic (exact) mass is 426 g/mol. The quantitative estimate of drug-likeness (QED) is 0.457. The zero-order valence-electron chi connectivity index (χ0n) is 17.0. The van der Waals surface area contributed by atoms with E-state index in [4.69, 9.17) is 21.4 Å². The average Bonchev–Trinajstić information content (AvgIpc) is 3.50. The number of aromatic nitrogens is 6. The Hall–Kier alpha value is -4.11. The first-order valence-electron chi connectivity index (χ1n) is 10.3. The molecule has 4 aromatic heterocycles. The van der Waals surface area contributed by atoms with E-state index in [0.717, 1.165) is 18.5 Å². The summed E-state index contributed by atoms with van der Waals surface area (Å²) in [6, 6.07) is 14.9. The van der Waals surface area contributed by atoms with Gasteiger partial charge in [0.15, 0.2) is 17.3 Å². The number of pyridine rings is 2. The predicted octanol–water partition coefficient (Wildman–Crippen LogP) is 3.34. The van der Waals surface area contributed by atoms with E-state index in [1.54, 1.807) is 12.3 Å². The molecule has 6 rings (SSSR count). The molecule has 0 saturated carbocycles. The highest BCUT2D eigenvalue weighted by atomic mass is 19.1. The van der Waals surface area contributed by atoms with Crippen LogP contribution in [0, 0.1) is 5.95 Å². The minimum absolute atomic E-state index is 0.0615. The molecule has 158 valence electrons. The van der Waals surface area contributed by atoms with Crippen LogP contribution in [-0.4, -0.2) is 29.3 Å². The van der Waals surface area contributed by atoms with E-state index in [0.29, 0.717) is 34.2 Å². The average molecular weight is 426 g/mol. The number of nitrogens with two attached hydrogens (primary N) is 2. The minimum Gasteiger partial charge on any atom is -0.383 e. The Morgan fingerprint density at radius 2 is 1.97 bits per heavy atom. The lowest BCUT2D eigenvalue weighted by Gasteiger charge is -2.13. The largest absolute Gasteiger partial charge is 0.383 e. The lowest BCUT2D eigenvalue weighted by Crippen LogP contribution is -2.06. The summed E-state index contributed by atoms with van der Waals surface area (Å²) in [5.74, 6) is 0.918. The van der Waals surface area contributed by atoms with Crippen LogP contribution in [0.25, 0.3) is 34.1 Å². The fourth-order valence-corrected chi connectivity index (χ4v) is 4.31. The number of nitrogen functional groups attached to an aromatic ring is 1. The maximum absolute atomic E-state index is 13.5. The van der Waals surface area contributed by atoms with Crippen molar-refractivity contribution in [2.45, 2.75) is 18.9 Å². The lowest BCUT2D eigenvalue weighted by molar-refractivity contribution is 0.565. The molecule has 0 spiro atoms. The molecule has 4 heterocycles. The fourth-order valence-electron chi connectivity index (χ4n) is 4.31. The highest BCUT2D eigenvalue weighted by molar-refractivity contribution is 5.83. The van der Waals surface area contributed by atoms with Crippen LogP contribution in [-0.2, 0) is 6.42 Å². The molecule has 1 atom stereocenters. The van der Waals surface area contributed by atoms with E-state index in [2.05, 4.69) is 22.2 Å². The van der Waals surface area contributed by atoms with Crippen molar-refractivity contribution < 1.29 is 4.39 Å². The number of hydrogen-bond donors (Lipinski definition) is 2. The molecule has 9 heteroatoms. The first-order chi connectivity index (χ1) is 15.6. The lowest BCUT2D eigenvalue weighted by atomic mass is 10.1. The van der Waals surface area contributed by atoms with E-state index >= 15 is 0 Å². The molecular weight excluding hydrogens is 407 g/mol. The van der Waals surface area contributed by atoms with Gasteiger partial charge in [0.05, 0.1) is 5.56 Å². The highest BCUT2D eigenvalue weighted by Gasteiger charge is 2.23. The number of anilines is 1. The van der Waals surface area contributed by atoms with Crippen molar-refractivity contribution in [1.82, 2.24) is 29.3 Å². The summed E-state index contributed by atoms with van der Waals surface area (Å²) in [5, 5.41) is 3.84. The molecule has 8 nitrogen and oxygen atoms in total. The Bertz CT molecular complexity index is 1480. The van der Waals surface area contributed by atoms with E-state index in [1.165, 1.54) is 28.1 Å². The molecule has 0 amide bonds. The number of halogens is 1. The van der Waals surface area contributed by atoms with E-state index < -0.39 is 5.95 Å². The second kappa shape index (κ2) is 6.96. The van der Waals surface area contributed by atoms with Crippen molar-refractivity contribution in [1.29, 1.82) is 0 Å². The summed E-state index contributed by atoms with van der Waals surface area (Å²) in [6.07, 6.45) is 5.03. The molecule has 0 radical (unpaired) electrons. The Kier molecular flexibility index (Phi) is 4.05. The Labute approximate surface area is 182 Å². The number of fused-ring (bicyclic) bond motifs is 2. The first kappa shape index (κ1) is 18.6. The molecule has 0 fully saturated rings. The van der Waals surface area contributed by atoms with Gasteiger partial charge in [0.1, 0.15) is 11.3 Å². The van der Waals surface area contributed by atoms with Crippen LogP contribution in [0.4, 0.5) is 10.2 Å². The van der Waals surface area contributed by atoms with Crippen LogP contribution in [0.15, 0.2) is 60.9 Å². The molecule has 0 saturated heterocycles. The minimum atomic E-state index is -0.570. The van der Waals surface area contributed by atoms with Gasteiger partial charge in [-0.3, -0.25) is 4.57 Å². The van der Waals surface area contributed by atoms with Crippen molar-refractivity contribution in [3.8, 4) is 22.9 Å². The summed E-state index contributed by atoms with van der Waals surface area (Å²) in [7, 11) is 0. The maximum atomic E-state index is 13.5. The third kappa shape index (κ3) is 2.86. The predicted molar refractivity (Wildman–Crippen MR) is 119 cm³/mol. The van der Waals surface area contributed by atoms with Crippen LogP contribution < -0.4 is 11.5 Å². The van der Waals surface area contributed by atoms with Crippen LogP contribution in [0.2, 0.25) is 0 Å². The zero-order valence-corrected chi connectivity index (χ0v) is 17.0. The fraction of sp³-hybridized carbons (Fsp3) is 0.130. The van der Waals surface area contributed by atoms with E-state index in [9.17, 15) is 4.39 Å². The number of hydrogen-bond acceptors (Lipinski definition) is 6. The van der Waals surface area contributed by atoms with Crippen molar-refractivity contribution in [3.05, 3.63) is 78.0 Å².